The van der Waals surface area contributed by atoms with E-state index in [9.17, 15) is 4.39 Å². The lowest BCUT2D eigenvalue weighted by Gasteiger charge is -2.27. The Hall–Kier alpha value is -0.410. The zero-order chi connectivity index (χ0) is 10.9. The molecule has 1 aromatic carbocycles. The van der Waals surface area contributed by atoms with Crippen molar-refractivity contribution in [3.63, 3.8) is 0 Å². The average molecular weight is 260 g/mol. The second-order valence-corrected chi connectivity index (χ2v) is 5.34. The van der Waals surface area contributed by atoms with Crippen LogP contribution < -0.4 is 5.73 Å². The van der Waals surface area contributed by atoms with Crippen LogP contribution >= 0.6 is 15.9 Å². The second kappa shape index (κ2) is 3.99. The fraction of sp³-hybridized carbons (Fsp3) is 0.455. The van der Waals surface area contributed by atoms with E-state index >= 15 is 0 Å². The van der Waals surface area contributed by atoms with E-state index < -0.39 is 0 Å². The summed E-state index contributed by atoms with van der Waals surface area (Å²) in [7, 11) is 0. The van der Waals surface area contributed by atoms with Crippen molar-refractivity contribution in [2.75, 3.05) is 0 Å². The maximum Gasteiger partial charge on any atom is 0.142 e. The van der Waals surface area contributed by atoms with Gasteiger partial charge in [0.25, 0.3) is 0 Å². The number of nitrogens with two attached hydrogens (primary N) is 1. The first kappa shape index (κ1) is 11.7. The van der Waals surface area contributed by atoms with Gasteiger partial charge in [-0.15, -0.1) is 0 Å². The largest absolute Gasteiger partial charge is 0.323 e. The molecule has 0 heterocycles. The van der Waals surface area contributed by atoms with Gasteiger partial charge < -0.3 is 5.73 Å². The van der Waals surface area contributed by atoms with Gasteiger partial charge in [-0.1, -0.05) is 32.9 Å². The van der Waals surface area contributed by atoms with Crippen LogP contribution in [0.5, 0.6) is 0 Å². The molecule has 1 nitrogen and oxygen atoms in total. The van der Waals surface area contributed by atoms with Crippen LogP contribution in [0.15, 0.2) is 22.7 Å². The number of hydrogen-bond acceptors (Lipinski definition) is 1. The van der Waals surface area contributed by atoms with E-state index in [0.29, 0.717) is 10.0 Å². The lowest BCUT2D eigenvalue weighted by Crippen LogP contribution is -2.27. The molecule has 1 atom stereocenters. The first-order chi connectivity index (χ1) is 6.34. The average Bonchev–Trinajstić information content (AvgIpc) is 2.07. The molecule has 0 amide bonds. The van der Waals surface area contributed by atoms with E-state index in [1.165, 1.54) is 0 Å². The van der Waals surface area contributed by atoms with Gasteiger partial charge in [0.1, 0.15) is 5.82 Å². The molecule has 0 aliphatic heterocycles. The van der Waals surface area contributed by atoms with Crippen LogP contribution in [0, 0.1) is 11.2 Å². The highest BCUT2D eigenvalue weighted by atomic mass is 79.9. The van der Waals surface area contributed by atoms with E-state index in [1.54, 1.807) is 18.2 Å². The molecule has 0 unspecified atom stereocenters. The van der Waals surface area contributed by atoms with Crippen LogP contribution in [0.25, 0.3) is 0 Å². The van der Waals surface area contributed by atoms with E-state index in [0.717, 1.165) is 0 Å². The Morgan fingerprint density at radius 3 is 2.43 bits per heavy atom. The van der Waals surface area contributed by atoms with Crippen molar-refractivity contribution in [3.05, 3.63) is 34.1 Å². The summed E-state index contributed by atoms with van der Waals surface area (Å²) in [4.78, 5) is 0. The van der Waals surface area contributed by atoms with Crippen LogP contribution in [0.1, 0.15) is 32.4 Å². The van der Waals surface area contributed by atoms with Gasteiger partial charge in [0.2, 0.25) is 0 Å². The van der Waals surface area contributed by atoms with Crippen LogP contribution in [-0.2, 0) is 0 Å². The first-order valence-electron chi connectivity index (χ1n) is 4.53. The molecule has 0 fully saturated rings. The Balaban J connectivity index is 3.14. The van der Waals surface area contributed by atoms with E-state index in [-0.39, 0.29) is 17.3 Å². The van der Waals surface area contributed by atoms with E-state index in [1.807, 2.05) is 20.8 Å². The molecular formula is C11H15BrFN. The summed E-state index contributed by atoms with van der Waals surface area (Å²) in [6.45, 7) is 5.99. The summed E-state index contributed by atoms with van der Waals surface area (Å²) in [5.74, 6) is -0.255. The highest BCUT2D eigenvalue weighted by Gasteiger charge is 2.25. The van der Waals surface area contributed by atoms with Crippen molar-refractivity contribution >= 4 is 15.9 Å². The number of benzene rings is 1. The van der Waals surface area contributed by atoms with Gasteiger partial charge in [0.05, 0.1) is 4.47 Å². The Kier molecular flexibility index (Phi) is 3.32. The fourth-order valence-corrected chi connectivity index (χ4v) is 1.61. The molecule has 0 radical (unpaired) electrons. The van der Waals surface area contributed by atoms with Gasteiger partial charge in [-0.2, -0.15) is 0 Å². The van der Waals surface area contributed by atoms with Crippen molar-refractivity contribution in [1.82, 2.24) is 0 Å². The summed E-state index contributed by atoms with van der Waals surface area (Å²) < 4.78 is 14.1. The summed E-state index contributed by atoms with van der Waals surface area (Å²) in [6.07, 6.45) is 0. The van der Waals surface area contributed by atoms with Crippen molar-refractivity contribution in [3.8, 4) is 0 Å². The van der Waals surface area contributed by atoms with Gasteiger partial charge >= 0.3 is 0 Å². The minimum absolute atomic E-state index is 0.137. The van der Waals surface area contributed by atoms with Crippen LogP contribution in [-0.4, -0.2) is 0 Å². The number of hydrogen-bond donors (Lipinski definition) is 1. The Bertz CT molecular complexity index is 331. The molecule has 14 heavy (non-hydrogen) atoms. The first-order valence-corrected chi connectivity index (χ1v) is 5.33. The monoisotopic (exact) mass is 259 g/mol. The molecule has 0 aliphatic carbocycles. The van der Waals surface area contributed by atoms with Crippen LogP contribution in [0.3, 0.4) is 0 Å². The highest BCUT2D eigenvalue weighted by Crippen LogP contribution is 2.33. The smallest absolute Gasteiger partial charge is 0.142 e. The molecule has 0 bridgehead atoms. The summed E-state index contributed by atoms with van der Waals surface area (Å²) in [6, 6.07) is 4.91. The Morgan fingerprint density at radius 2 is 1.93 bits per heavy atom. The summed E-state index contributed by atoms with van der Waals surface area (Å²) in [5.41, 5.74) is 6.41. The van der Waals surface area contributed by atoms with Gasteiger partial charge in [0, 0.05) is 11.6 Å². The standard InChI is InChI=1S/C11H15BrFN/c1-11(2,3)10(14)7-5-4-6-8(12)9(7)13/h4-6,10H,14H2,1-3H3/t10-/m0/s1. The highest BCUT2D eigenvalue weighted by molar-refractivity contribution is 9.10. The quantitative estimate of drug-likeness (QED) is 0.819. The minimum Gasteiger partial charge on any atom is -0.323 e. The SMILES string of the molecule is CC(C)(C)[C@@H](N)c1cccc(Br)c1F. The lowest BCUT2D eigenvalue weighted by molar-refractivity contribution is 0.319. The van der Waals surface area contributed by atoms with Crippen molar-refractivity contribution in [2.24, 2.45) is 11.1 Å². The maximum absolute atomic E-state index is 13.7. The predicted octanol–water partition coefficient (Wildman–Crippen LogP) is 3.63. The van der Waals surface area contributed by atoms with Gasteiger partial charge in [-0.25, -0.2) is 4.39 Å². The third-order valence-electron chi connectivity index (χ3n) is 2.25. The second-order valence-electron chi connectivity index (χ2n) is 4.49. The molecule has 0 aromatic heterocycles. The molecule has 0 saturated carbocycles. The third-order valence-corrected chi connectivity index (χ3v) is 2.86. The van der Waals surface area contributed by atoms with Crippen LogP contribution in [0.2, 0.25) is 0 Å². The van der Waals surface area contributed by atoms with Crippen molar-refractivity contribution in [1.29, 1.82) is 0 Å². The van der Waals surface area contributed by atoms with Gasteiger partial charge in [-0.3, -0.25) is 0 Å². The summed E-state index contributed by atoms with van der Waals surface area (Å²) in [5, 5.41) is 0. The molecule has 3 heteroatoms. The topological polar surface area (TPSA) is 26.0 Å². The maximum atomic E-state index is 13.7. The fourth-order valence-electron chi connectivity index (χ4n) is 1.23. The third kappa shape index (κ3) is 2.34. The minimum atomic E-state index is -0.292. The Labute approximate surface area is 92.6 Å². The zero-order valence-electron chi connectivity index (χ0n) is 8.64. The zero-order valence-corrected chi connectivity index (χ0v) is 10.2. The molecule has 0 aliphatic rings. The van der Waals surface area contributed by atoms with Gasteiger partial charge in [-0.05, 0) is 27.4 Å². The molecule has 2 N–H and O–H groups in total. The van der Waals surface area contributed by atoms with Crippen LogP contribution in [0.4, 0.5) is 4.39 Å². The molecule has 78 valence electrons. The lowest BCUT2D eigenvalue weighted by atomic mass is 9.83. The molecule has 1 aromatic rings. The molecule has 1 rings (SSSR count). The molecule has 0 saturated heterocycles. The van der Waals surface area contributed by atoms with Crippen molar-refractivity contribution in [2.45, 2.75) is 26.8 Å². The van der Waals surface area contributed by atoms with E-state index in [2.05, 4.69) is 15.9 Å². The molecule has 0 spiro atoms. The predicted molar refractivity (Wildman–Crippen MR) is 60.5 cm³/mol. The Morgan fingerprint density at radius 1 is 1.36 bits per heavy atom. The van der Waals surface area contributed by atoms with Crippen molar-refractivity contribution < 1.29 is 4.39 Å². The number of halogens is 2. The van der Waals surface area contributed by atoms with Gasteiger partial charge in [0.15, 0.2) is 0 Å². The molecular weight excluding hydrogens is 245 g/mol. The normalized spacial score (nSPS) is 14.1. The number of rotatable bonds is 1. The van der Waals surface area contributed by atoms with E-state index in [4.69, 9.17) is 5.73 Å². The summed E-state index contributed by atoms with van der Waals surface area (Å²) >= 11 is 3.15.